The molecule has 1 saturated heterocycles. The molecule has 1 aliphatic carbocycles. The Labute approximate surface area is 214 Å². The molecule has 2 aliphatic rings. The number of ether oxygens (including phenoxy) is 1. The highest BCUT2D eigenvalue weighted by Gasteiger charge is 2.49. The summed E-state index contributed by atoms with van der Waals surface area (Å²) in [5.74, 6) is -1.38. The lowest BCUT2D eigenvalue weighted by atomic mass is 9.76. The number of ketones is 1. The van der Waals surface area contributed by atoms with Crippen LogP contribution in [0.5, 0.6) is 0 Å². The zero-order valence-electron chi connectivity index (χ0n) is 20.2. The molecule has 0 bridgehead atoms. The molecule has 188 valence electrons. The zero-order chi connectivity index (χ0) is 25.8. The summed E-state index contributed by atoms with van der Waals surface area (Å²) in [4.78, 5) is 27.6. The Morgan fingerprint density at radius 2 is 1.59 bits per heavy atom. The zero-order valence-corrected chi connectivity index (χ0v) is 20.2. The van der Waals surface area contributed by atoms with E-state index in [-0.39, 0.29) is 42.0 Å². The highest BCUT2D eigenvalue weighted by molar-refractivity contribution is 6.05. The first kappa shape index (κ1) is 24.8. The number of Topliss-reactive ketones (excluding diaryl/α,β-unsaturated/α-hetero) is 1. The lowest BCUT2D eigenvalue weighted by molar-refractivity contribution is -0.129. The number of halogens is 2. The largest absolute Gasteiger partial charge is 0.369 e. The standard InChI is InChI=1S/C31H27F2NO3/c32-24-10-6-22(7-11-24)29(35)19-18-28-30(34(31(28)36)26-14-12-25(33)13-15-26)23-8-16-27(17-9-23)37-20-21-4-2-1-3-5-21/h1-16,27-28,30H,17-20H2/t27?,28-,30-/m1/s1. The smallest absolute Gasteiger partial charge is 0.233 e. The molecular weight excluding hydrogens is 472 g/mol. The summed E-state index contributed by atoms with van der Waals surface area (Å²) >= 11 is 0. The van der Waals surface area contributed by atoms with Crippen LogP contribution in [0.15, 0.2) is 103 Å². The summed E-state index contributed by atoms with van der Waals surface area (Å²) in [6.07, 6.45) is 7.22. The Morgan fingerprint density at radius 3 is 2.24 bits per heavy atom. The molecule has 1 fully saturated rings. The normalized spacial score (nSPS) is 20.9. The number of benzene rings is 3. The Hall–Kier alpha value is -3.90. The van der Waals surface area contributed by atoms with Crippen LogP contribution in [0.3, 0.4) is 0 Å². The first-order chi connectivity index (χ1) is 18.0. The van der Waals surface area contributed by atoms with Crippen LogP contribution in [0.4, 0.5) is 14.5 Å². The van der Waals surface area contributed by atoms with Gasteiger partial charge in [-0.3, -0.25) is 9.59 Å². The van der Waals surface area contributed by atoms with Crippen LogP contribution < -0.4 is 4.90 Å². The predicted octanol–water partition coefficient (Wildman–Crippen LogP) is 6.43. The van der Waals surface area contributed by atoms with E-state index in [9.17, 15) is 18.4 Å². The van der Waals surface area contributed by atoms with Crippen molar-refractivity contribution in [3.8, 4) is 0 Å². The van der Waals surface area contributed by atoms with Gasteiger partial charge in [0.15, 0.2) is 5.78 Å². The van der Waals surface area contributed by atoms with Gasteiger partial charge < -0.3 is 9.64 Å². The molecule has 5 rings (SSSR count). The third-order valence-corrected chi connectivity index (χ3v) is 6.90. The van der Waals surface area contributed by atoms with Crippen molar-refractivity contribution in [2.24, 2.45) is 5.92 Å². The summed E-state index contributed by atoms with van der Waals surface area (Å²) in [7, 11) is 0. The van der Waals surface area contributed by atoms with E-state index in [1.54, 1.807) is 17.0 Å². The van der Waals surface area contributed by atoms with Crippen molar-refractivity contribution in [3.63, 3.8) is 0 Å². The van der Waals surface area contributed by atoms with Crippen molar-refractivity contribution in [1.82, 2.24) is 0 Å². The average molecular weight is 500 g/mol. The van der Waals surface area contributed by atoms with E-state index in [4.69, 9.17) is 4.74 Å². The lowest BCUT2D eigenvalue weighted by Crippen LogP contribution is -2.62. The number of anilines is 1. The van der Waals surface area contributed by atoms with Crippen molar-refractivity contribution < 1.29 is 23.1 Å². The minimum atomic E-state index is -0.400. The predicted molar refractivity (Wildman–Crippen MR) is 138 cm³/mol. The molecule has 1 unspecified atom stereocenters. The second-order valence-electron chi connectivity index (χ2n) is 9.34. The van der Waals surface area contributed by atoms with E-state index in [1.807, 2.05) is 42.5 Å². The van der Waals surface area contributed by atoms with E-state index in [2.05, 4.69) is 6.08 Å². The second kappa shape index (κ2) is 11.0. The molecule has 1 heterocycles. The van der Waals surface area contributed by atoms with Crippen molar-refractivity contribution >= 4 is 17.4 Å². The Morgan fingerprint density at radius 1 is 0.919 bits per heavy atom. The van der Waals surface area contributed by atoms with Crippen LogP contribution in [0.2, 0.25) is 0 Å². The van der Waals surface area contributed by atoms with Crippen LogP contribution in [-0.2, 0) is 16.1 Å². The topological polar surface area (TPSA) is 46.6 Å². The van der Waals surface area contributed by atoms with Gasteiger partial charge in [0.2, 0.25) is 5.91 Å². The quantitative estimate of drug-likeness (QED) is 0.252. The molecule has 3 aromatic carbocycles. The third-order valence-electron chi connectivity index (χ3n) is 6.90. The number of carbonyl (C=O) groups is 2. The maximum atomic E-state index is 13.5. The fourth-order valence-corrected chi connectivity index (χ4v) is 4.91. The second-order valence-corrected chi connectivity index (χ2v) is 9.34. The van der Waals surface area contributed by atoms with Crippen LogP contribution >= 0.6 is 0 Å². The van der Waals surface area contributed by atoms with Crippen molar-refractivity contribution in [1.29, 1.82) is 0 Å². The number of hydrogen-bond acceptors (Lipinski definition) is 3. The van der Waals surface area contributed by atoms with E-state index >= 15 is 0 Å². The van der Waals surface area contributed by atoms with Gasteiger partial charge in [-0.25, -0.2) is 8.78 Å². The molecule has 1 amide bonds. The van der Waals surface area contributed by atoms with Crippen LogP contribution in [0, 0.1) is 17.6 Å². The Balaban J connectivity index is 1.29. The molecule has 1 aliphatic heterocycles. The molecule has 0 radical (unpaired) electrons. The third kappa shape index (κ3) is 5.59. The van der Waals surface area contributed by atoms with E-state index in [0.29, 0.717) is 30.7 Å². The van der Waals surface area contributed by atoms with Gasteiger partial charge in [-0.2, -0.15) is 0 Å². The molecule has 0 N–H and O–H groups in total. The van der Waals surface area contributed by atoms with E-state index in [0.717, 1.165) is 11.1 Å². The van der Waals surface area contributed by atoms with Crippen molar-refractivity contribution in [3.05, 3.63) is 125 Å². The maximum Gasteiger partial charge on any atom is 0.233 e. The molecule has 3 aromatic rings. The number of β-lactam (4-membered cyclic amide) rings is 1. The first-order valence-corrected chi connectivity index (χ1v) is 12.4. The number of amides is 1. The Kier molecular flexibility index (Phi) is 7.37. The van der Waals surface area contributed by atoms with Gasteiger partial charge in [0, 0.05) is 17.7 Å². The molecule has 37 heavy (non-hydrogen) atoms. The number of hydrogen-bond donors (Lipinski definition) is 0. The molecular formula is C31H27F2NO3. The minimum absolute atomic E-state index is 0.0718. The van der Waals surface area contributed by atoms with Gasteiger partial charge in [-0.05, 0) is 72.5 Å². The van der Waals surface area contributed by atoms with Gasteiger partial charge in [0.25, 0.3) is 0 Å². The fraction of sp³-hybridized carbons (Fsp3) is 0.226. The van der Waals surface area contributed by atoms with Crippen LogP contribution in [-0.4, -0.2) is 23.8 Å². The van der Waals surface area contributed by atoms with Gasteiger partial charge in [-0.1, -0.05) is 48.6 Å². The molecule has 0 aromatic heterocycles. The summed E-state index contributed by atoms with van der Waals surface area (Å²) in [6.45, 7) is 0.511. The van der Waals surface area contributed by atoms with Gasteiger partial charge in [-0.15, -0.1) is 0 Å². The molecule has 0 saturated carbocycles. The number of rotatable bonds is 9. The fourth-order valence-electron chi connectivity index (χ4n) is 4.91. The lowest BCUT2D eigenvalue weighted by Gasteiger charge is -2.48. The van der Waals surface area contributed by atoms with Crippen LogP contribution in [0.25, 0.3) is 0 Å². The van der Waals surface area contributed by atoms with Crippen molar-refractivity contribution in [2.45, 2.75) is 38.0 Å². The summed E-state index contributed by atoms with van der Waals surface area (Å²) in [5, 5.41) is 0. The molecule has 6 heteroatoms. The highest BCUT2D eigenvalue weighted by Crippen LogP contribution is 2.41. The first-order valence-electron chi connectivity index (χ1n) is 12.4. The number of carbonyl (C=O) groups excluding carboxylic acids is 2. The van der Waals surface area contributed by atoms with Gasteiger partial charge in [0.1, 0.15) is 11.6 Å². The van der Waals surface area contributed by atoms with Crippen molar-refractivity contribution in [2.75, 3.05) is 4.90 Å². The minimum Gasteiger partial charge on any atom is -0.369 e. The molecule has 4 nitrogen and oxygen atoms in total. The summed E-state index contributed by atoms with van der Waals surface area (Å²) in [6, 6.07) is 21.0. The Bertz CT molecular complexity index is 1320. The number of nitrogens with zero attached hydrogens (tertiary/aromatic N) is 1. The van der Waals surface area contributed by atoms with E-state index in [1.165, 1.54) is 36.4 Å². The SMILES string of the molecule is O=C(CC[C@H]1C(=O)N(c2ccc(F)cc2)[C@@H]1C1=CCC(OCc2ccccc2)C=C1)c1ccc(F)cc1. The van der Waals surface area contributed by atoms with Gasteiger partial charge >= 0.3 is 0 Å². The monoisotopic (exact) mass is 499 g/mol. The average Bonchev–Trinajstić information content (AvgIpc) is 2.93. The highest BCUT2D eigenvalue weighted by atomic mass is 19.1. The van der Waals surface area contributed by atoms with E-state index < -0.39 is 5.82 Å². The summed E-state index contributed by atoms with van der Waals surface area (Å²) < 4.78 is 32.8. The molecule has 3 atom stereocenters. The van der Waals surface area contributed by atoms with Gasteiger partial charge in [0.05, 0.1) is 24.7 Å². The van der Waals surface area contributed by atoms with Crippen LogP contribution in [0.1, 0.15) is 35.2 Å². The maximum absolute atomic E-state index is 13.5. The molecule has 0 spiro atoms. The summed E-state index contributed by atoms with van der Waals surface area (Å²) in [5.41, 5.74) is 3.12.